The lowest BCUT2D eigenvalue weighted by atomic mass is 10.0. The molecule has 0 aromatic heterocycles. The molecule has 0 saturated carbocycles. The van der Waals surface area contributed by atoms with Crippen LogP contribution in [-0.4, -0.2) is 11.7 Å². The molecule has 0 heterocycles. The van der Waals surface area contributed by atoms with Gasteiger partial charge in [-0.2, -0.15) is 0 Å². The van der Waals surface area contributed by atoms with Crippen LogP contribution in [0.15, 0.2) is 24.3 Å². The Balaban J connectivity index is 3.07. The Morgan fingerprint density at radius 2 is 0.808 bits per heavy atom. The van der Waals surface area contributed by atoms with Gasteiger partial charge in [0, 0.05) is 6.61 Å². The van der Waals surface area contributed by atoms with Gasteiger partial charge in [0.1, 0.15) is 0 Å². The molecule has 0 radical (unpaired) electrons. The van der Waals surface area contributed by atoms with Crippen molar-refractivity contribution >= 4 is 0 Å². The minimum atomic E-state index is 0.299. The molecule has 1 nitrogen and oxygen atoms in total. The lowest BCUT2D eigenvalue weighted by Crippen LogP contribution is -1.83. The van der Waals surface area contributed by atoms with E-state index in [1.165, 1.54) is 109 Å². The second-order valence-electron chi connectivity index (χ2n) is 7.81. The first-order valence-corrected chi connectivity index (χ1v) is 11.8. The fraction of sp³-hybridized carbons (Fsp3) is 0.840. The number of hydrogen-bond acceptors (Lipinski definition) is 1. The van der Waals surface area contributed by atoms with Crippen molar-refractivity contribution in [3.05, 3.63) is 24.3 Å². The molecule has 0 rings (SSSR count). The summed E-state index contributed by atoms with van der Waals surface area (Å²) in [6.45, 7) is 2.59. The first-order valence-electron chi connectivity index (χ1n) is 11.8. The van der Waals surface area contributed by atoms with Gasteiger partial charge in [-0.15, -0.1) is 0 Å². The van der Waals surface area contributed by atoms with Gasteiger partial charge in [-0.3, -0.25) is 0 Å². The predicted molar refractivity (Wildman–Crippen MR) is 119 cm³/mol. The van der Waals surface area contributed by atoms with E-state index in [0.717, 1.165) is 12.8 Å². The van der Waals surface area contributed by atoms with E-state index >= 15 is 0 Å². The Hall–Kier alpha value is -0.560. The molecule has 1 N–H and O–H groups in total. The van der Waals surface area contributed by atoms with E-state index in [1.807, 2.05) is 0 Å². The van der Waals surface area contributed by atoms with Crippen LogP contribution in [0.25, 0.3) is 0 Å². The van der Waals surface area contributed by atoms with E-state index in [0.29, 0.717) is 6.61 Å². The van der Waals surface area contributed by atoms with Gasteiger partial charge in [0.05, 0.1) is 0 Å². The summed E-state index contributed by atoms with van der Waals surface area (Å²) in [6.07, 6.45) is 34.7. The Morgan fingerprint density at radius 1 is 0.462 bits per heavy atom. The van der Waals surface area contributed by atoms with Crippen LogP contribution in [0.5, 0.6) is 0 Å². The van der Waals surface area contributed by atoms with Crippen molar-refractivity contribution in [1.29, 1.82) is 0 Å². The number of aliphatic hydroxyl groups excluding tert-OH is 1. The number of hydrogen-bond donors (Lipinski definition) is 1. The summed E-state index contributed by atoms with van der Waals surface area (Å²) in [7, 11) is 0. The highest BCUT2D eigenvalue weighted by molar-refractivity contribution is 5.02. The van der Waals surface area contributed by atoms with Crippen molar-refractivity contribution in [1.82, 2.24) is 0 Å². The third-order valence-electron chi connectivity index (χ3n) is 5.14. The van der Waals surface area contributed by atoms with E-state index in [4.69, 9.17) is 5.11 Å². The zero-order valence-corrected chi connectivity index (χ0v) is 17.9. The van der Waals surface area contributed by atoms with Crippen molar-refractivity contribution in [2.24, 2.45) is 0 Å². The minimum absolute atomic E-state index is 0.299. The minimum Gasteiger partial charge on any atom is -0.396 e. The lowest BCUT2D eigenvalue weighted by molar-refractivity contribution is 0.289. The molecule has 0 unspecified atom stereocenters. The van der Waals surface area contributed by atoms with Crippen molar-refractivity contribution < 1.29 is 5.11 Å². The third kappa shape index (κ3) is 23.4. The standard InChI is InChI=1S/C25H48O/c1-2-3-4-5-6-7-8-9-10-11-12-13-14-15-16-17-18-19-20-21-22-23-24-25-26/h19-22,26H,2-18,23-25H2,1H3/b20-19+,22-21+. The van der Waals surface area contributed by atoms with Gasteiger partial charge in [0.15, 0.2) is 0 Å². The molecule has 0 aliphatic heterocycles. The van der Waals surface area contributed by atoms with E-state index in [-0.39, 0.29) is 0 Å². The van der Waals surface area contributed by atoms with Crippen molar-refractivity contribution in [3.8, 4) is 0 Å². The summed E-state index contributed by atoms with van der Waals surface area (Å²) in [5.41, 5.74) is 0. The molecule has 0 aliphatic carbocycles. The number of unbranched alkanes of at least 4 members (excludes halogenated alkanes) is 17. The van der Waals surface area contributed by atoms with E-state index in [2.05, 4.69) is 31.2 Å². The van der Waals surface area contributed by atoms with Crippen LogP contribution in [0.1, 0.15) is 129 Å². The predicted octanol–water partition coefficient (Wildman–Crippen LogP) is 8.52. The summed E-state index contributed by atoms with van der Waals surface area (Å²) >= 11 is 0. The highest BCUT2D eigenvalue weighted by atomic mass is 16.2. The van der Waals surface area contributed by atoms with Crippen LogP contribution >= 0.6 is 0 Å². The summed E-state index contributed by atoms with van der Waals surface area (Å²) in [6, 6.07) is 0. The van der Waals surface area contributed by atoms with Gasteiger partial charge in [0.25, 0.3) is 0 Å². The average Bonchev–Trinajstić information content (AvgIpc) is 2.66. The molecule has 0 bridgehead atoms. The Labute approximate surface area is 165 Å². The zero-order valence-electron chi connectivity index (χ0n) is 17.9. The van der Waals surface area contributed by atoms with Crippen LogP contribution in [0.4, 0.5) is 0 Å². The van der Waals surface area contributed by atoms with Gasteiger partial charge < -0.3 is 5.11 Å². The fourth-order valence-corrected chi connectivity index (χ4v) is 3.37. The molecule has 1 heteroatoms. The molecular weight excluding hydrogens is 316 g/mol. The molecule has 0 aromatic rings. The van der Waals surface area contributed by atoms with Gasteiger partial charge in [-0.25, -0.2) is 0 Å². The van der Waals surface area contributed by atoms with Crippen LogP contribution < -0.4 is 0 Å². The van der Waals surface area contributed by atoms with E-state index < -0.39 is 0 Å². The van der Waals surface area contributed by atoms with Crippen LogP contribution in [0.2, 0.25) is 0 Å². The molecular formula is C25H48O. The molecule has 0 spiro atoms. The molecule has 26 heavy (non-hydrogen) atoms. The second-order valence-corrected chi connectivity index (χ2v) is 7.81. The Bertz CT molecular complexity index is 293. The molecule has 0 aliphatic rings. The van der Waals surface area contributed by atoms with Crippen molar-refractivity contribution in [2.45, 2.75) is 129 Å². The van der Waals surface area contributed by atoms with Crippen LogP contribution in [-0.2, 0) is 0 Å². The summed E-state index contributed by atoms with van der Waals surface area (Å²) < 4.78 is 0. The Morgan fingerprint density at radius 3 is 1.19 bits per heavy atom. The van der Waals surface area contributed by atoms with Crippen LogP contribution in [0, 0.1) is 0 Å². The van der Waals surface area contributed by atoms with Crippen molar-refractivity contribution in [2.75, 3.05) is 6.61 Å². The maximum absolute atomic E-state index is 8.68. The summed E-state index contributed by atoms with van der Waals surface area (Å²) in [4.78, 5) is 0. The zero-order chi connectivity index (χ0) is 19.0. The highest BCUT2D eigenvalue weighted by Crippen LogP contribution is 2.14. The smallest absolute Gasteiger partial charge is 0.0433 e. The highest BCUT2D eigenvalue weighted by Gasteiger charge is 1.94. The average molecular weight is 365 g/mol. The van der Waals surface area contributed by atoms with Gasteiger partial charge in [-0.05, 0) is 25.7 Å². The largest absolute Gasteiger partial charge is 0.396 e. The van der Waals surface area contributed by atoms with Crippen LogP contribution in [0.3, 0.4) is 0 Å². The monoisotopic (exact) mass is 364 g/mol. The molecule has 0 fully saturated rings. The summed E-state index contributed by atoms with van der Waals surface area (Å²) in [5, 5.41) is 8.68. The van der Waals surface area contributed by atoms with Gasteiger partial charge >= 0.3 is 0 Å². The molecule has 0 aromatic carbocycles. The number of allylic oxidation sites excluding steroid dienone is 4. The van der Waals surface area contributed by atoms with Gasteiger partial charge in [0.2, 0.25) is 0 Å². The molecule has 0 atom stereocenters. The fourth-order valence-electron chi connectivity index (χ4n) is 3.37. The normalized spacial score (nSPS) is 11.9. The second kappa shape index (κ2) is 24.4. The number of rotatable bonds is 21. The molecule has 0 saturated heterocycles. The van der Waals surface area contributed by atoms with E-state index in [9.17, 15) is 0 Å². The third-order valence-corrected chi connectivity index (χ3v) is 5.14. The molecule has 0 amide bonds. The first kappa shape index (κ1) is 25.4. The first-order chi connectivity index (χ1) is 12.9. The SMILES string of the molecule is CCCCCCCCCCCCCCCCCC/C=C/C=C/CCCO. The summed E-state index contributed by atoms with van der Waals surface area (Å²) in [5.74, 6) is 0. The quantitative estimate of drug-likeness (QED) is 0.160. The Kier molecular flexibility index (Phi) is 23.9. The van der Waals surface area contributed by atoms with Crippen molar-refractivity contribution in [3.63, 3.8) is 0 Å². The topological polar surface area (TPSA) is 20.2 Å². The lowest BCUT2D eigenvalue weighted by Gasteiger charge is -2.03. The maximum Gasteiger partial charge on any atom is 0.0433 e. The molecule has 154 valence electrons. The van der Waals surface area contributed by atoms with Gasteiger partial charge in [-0.1, -0.05) is 128 Å². The number of aliphatic hydroxyl groups is 1. The maximum atomic E-state index is 8.68. The van der Waals surface area contributed by atoms with E-state index in [1.54, 1.807) is 0 Å².